The number of hydrogen-bond donors (Lipinski definition) is 2. The molecule has 1 aliphatic rings. The molecule has 9 heteroatoms. The van der Waals surface area contributed by atoms with E-state index in [4.69, 9.17) is 5.73 Å². The Labute approximate surface area is 165 Å². The van der Waals surface area contributed by atoms with Crippen molar-refractivity contribution in [3.05, 3.63) is 45.9 Å². The van der Waals surface area contributed by atoms with Crippen LogP contribution in [0.25, 0.3) is 0 Å². The number of carbonyl (C=O) groups is 1. The summed E-state index contributed by atoms with van der Waals surface area (Å²) in [5, 5.41) is 22.1. The lowest BCUT2D eigenvalue weighted by molar-refractivity contribution is -0.117. The maximum Gasteiger partial charge on any atom is 0.229 e. The highest BCUT2D eigenvalue weighted by Gasteiger charge is 2.44. The van der Waals surface area contributed by atoms with Crippen molar-refractivity contribution in [2.45, 2.75) is 38.0 Å². The topological polar surface area (TPSA) is 107 Å². The molecule has 1 aliphatic carbocycles. The van der Waals surface area contributed by atoms with Gasteiger partial charge < -0.3 is 11.1 Å². The summed E-state index contributed by atoms with van der Waals surface area (Å²) in [6.45, 7) is 0. The minimum absolute atomic E-state index is 0.0408. The van der Waals surface area contributed by atoms with Crippen LogP contribution in [-0.2, 0) is 17.6 Å². The van der Waals surface area contributed by atoms with Crippen molar-refractivity contribution >= 4 is 38.8 Å². The Morgan fingerprint density at radius 3 is 2.44 bits per heavy atom. The molecular formula is C18H20N6OS2. The standard InChI is InChI=1S/C18H20N6OS2/c19-17-23-21-14(26-17)8-4-5-9-15-22-24-18(27-15)20-16(25)13-10-12(13)11-6-2-1-3-7-11/h1-3,6-7,12-13H,4-5,8-10H2,(H2,19,23)(H,20,24,25)/t12?,13-/m1/s1. The van der Waals surface area contributed by atoms with Gasteiger partial charge in [0.15, 0.2) is 0 Å². The fourth-order valence-electron chi connectivity index (χ4n) is 3.08. The third-order valence-electron chi connectivity index (χ3n) is 4.57. The molecule has 7 nitrogen and oxygen atoms in total. The lowest BCUT2D eigenvalue weighted by atomic mass is 10.1. The first-order valence-corrected chi connectivity index (χ1v) is 10.6. The van der Waals surface area contributed by atoms with Gasteiger partial charge in [0, 0.05) is 18.8 Å². The maximum absolute atomic E-state index is 12.4. The van der Waals surface area contributed by atoms with Crippen LogP contribution in [0.15, 0.2) is 30.3 Å². The molecule has 1 amide bonds. The highest BCUT2D eigenvalue weighted by atomic mass is 32.1. The van der Waals surface area contributed by atoms with Crippen LogP contribution in [0.2, 0.25) is 0 Å². The lowest BCUT2D eigenvalue weighted by Gasteiger charge is -2.01. The van der Waals surface area contributed by atoms with Crippen LogP contribution in [0.1, 0.15) is 40.8 Å². The van der Waals surface area contributed by atoms with E-state index in [0.29, 0.717) is 16.2 Å². The first kappa shape index (κ1) is 18.0. The second kappa shape index (κ2) is 8.10. The van der Waals surface area contributed by atoms with Crippen molar-refractivity contribution < 1.29 is 4.79 Å². The Hall–Kier alpha value is -2.39. The van der Waals surface area contributed by atoms with Gasteiger partial charge in [0.1, 0.15) is 10.0 Å². The number of nitrogens with two attached hydrogens (primary N) is 1. The van der Waals surface area contributed by atoms with E-state index >= 15 is 0 Å². The largest absolute Gasteiger partial charge is 0.374 e. The molecule has 3 N–H and O–H groups in total. The van der Waals surface area contributed by atoms with E-state index < -0.39 is 0 Å². The Balaban J connectivity index is 1.21. The van der Waals surface area contributed by atoms with E-state index in [1.807, 2.05) is 18.2 Å². The first-order valence-electron chi connectivity index (χ1n) is 8.95. The third-order valence-corrected chi connectivity index (χ3v) is 6.28. The van der Waals surface area contributed by atoms with Crippen LogP contribution in [-0.4, -0.2) is 26.3 Å². The molecule has 4 rings (SSSR count). The summed E-state index contributed by atoms with van der Waals surface area (Å²) in [5.41, 5.74) is 6.81. The Kier molecular flexibility index (Phi) is 5.40. The number of aryl methyl sites for hydroxylation is 2. The second-order valence-electron chi connectivity index (χ2n) is 6.59. The minimum atomic E-state index is 0.0408. The predicted molar refractivity (Wildman–Crippen MR) is 107 cm³/mol. The molecule has 0 aliphatic heterocycles. The Morgan fingerprint density at radius 1 is 1.04 bits per heavy atom. The molecule has 140 valence electrons. The molecule has 1 aromatic carbocycles. The monoisotopic (exact) mass is 400 g/mol. The van der Waals surface area contributed by atoms with Gasteiger partial charge in [0.25, 0.3) is 0 Å². The molecule has 1 fully saturated rings. The summed E-state index contributed by atoms with van der Waals surface area (Å²) in [6, 6.07) is 10.2. The zero-order valence-electron chi connectivity index (χ0n) is 14.7. The van der Waals surface area contributed by atoms with Crippen LogP contribution >= 0.6 is 22.7 Å². The highest BCUT2D eigenvalue weighted by molar-refractivity contribution is 7.15. The highest BCUT2D eigenvalue weighted by Crippen LogP contribution is 2.47. The number of benzene rings is 1. The fraction of sp³-hybridized carbons (Fsp3) is 0.389. The van der Waals surface area contributed by atoms with Gasteiger partial charge in [-0.1, -0.05) is 53.0 Å². The van der Waals surface area contributed by atoms with Gasteiger partial charge >= 0.3 is 0 Å². The Morgan fingerprint density at radius 2 is 1.74 bits per heavy atom. The number of hydrogen-bond acceptors (Lipinski definition) is 8. The fourth-order valence-corrected chi connectivity index (χ4v) is 4.51. The summed E-state index contributed by atoms with van der Waals surface area (Å²) < 4.78 is 0. The van der Waals surface area contributed by atoms with Crippen molar-refractivity contribution in [2.24, 2.45) is 5.92 Å². The first-order chi connectivity index (χ1) is 13.2. The molecule has 2 heterocycles. The molecular weight excluding hydrogens is 380 g/mol. The van der Waals surface area contributed by atoms with Gasteiger partial charge in [-0.05, 0) is 30.7 Å². The van der Waals surface area contributed by atoms with Gasteiger partial charge in [-0.25, -0.2) is 0 Å². The number of anilines is 2. The van der Waals surface area contributed by atoms with E-state index in [-0.39, 0.29) is 11.8 Å². The number of nitrogens with one attached hydrogen (secondary N) is 1. The zero-order valence-corrected chi connectivity index (χ0v) is 16.3. The molecule has 0 radical (unpaired) electrons. The number of unbranched alkanes of at least 4 members (excludes halogenated alkanes) is 1. The van der Waals surface area contributed by atoms with E-state index in [1.54, 1.807) is 0 Å². The number of carbonyl (C=O) groups excluding carboxylic acids is 1. The van der Waals surface area contributed by atoms with Gasteiger partial charge in [-0.2, -0.15) is 0 Å². The van der Waals surface area contributed by atoms with Crippen LogP contribution in [0.3, 0.4) is 0 Å². The summed E-state index contributed by atoms with van der Waals surface area (Å²) in [5.74, 6) is 0.410. The van der Waals surface area contributed by atoms with Crippen molar-refractivity contribution in [1.29, 1.82) is 0 Å². The van der Waals surface area contributed by atoms with Crippen molar-refractivity contribution in [2.75, 3.05) is 11.1 Å². The number of nitrogen functional groups attached to an aromatic ring is 1. The molecule has 0 saturated heterocycles. The van der Waals surface area contributed by atoms with Gasteiger partial charge in [0.2, 0.25) is 16.2 Å². The zero-order chi connectivity index (χ0) is 18.6. The molecule has 1 unspecified atom stereocenters. The van der Waals surface area contributed by atoms with Crippen LogP contribution in [0.5, 0.6) is 0 Å². The molecule has 27 heavy (non-hydrogen) atoms. The third kappa shape index (κ3) is 4.67. The number of rotatable bonds is 8. The van der Waals surface area contributed by atoms with Crippen molar-refractivity contribution in [3.63, 3.8) is 0 Å². The van der Waals surface area contributed by atoms with Gasteiger partial charge in [-0.15, -0.1) is 20.4 Å². The molecule has 2 atom stereocenters. The molecule has 1 saturated carbocycles. The summed E-state index contributed by atoms with van der Waals surface area (Å²) in [6.07, 6.45) is 4.60. The average molecular weight is 401 g/mol. The van der Waals surface area contributed by atoms with Crippen LogP contribution < -0.4 is 11.1 Å². The number of amides is 1. The quantitative estimate of drug-likeness (QED) is 0.562. The van der Waals surface area contributed by atoms with E-state index in [1.165, 1.54) is 28.2 Å². The van der Waals surface area contributed by atoms with Crippen molar-refractivity contribution in [1.82, 2.24) is 20.4 Å². The molecule has 0 bridgehead atoms. The van der Waals surface area contributed by atoms with E-state index in [2.05, 4.69) is 37.8 Å². The lowest BCUT2D eigenvalue weighted by Crippen LogP contribution is -2.14. The Bertz CT molecular complexity index is 909. The second-order valence-corrected chi connectivity index (χ2v) is 8.75. The molecule has 3 aromatic rings. The summed E-state index contributed by atoms with van der Waals surface area (Å²) in [4.78, 5) is 12.4. The van der Waals surface area contributed by atoms with Crippen molar-refractivity contribution in [3.8, 4) is 0 Å². The average Bonchev–Trinajstić information content (AvgIpc) is 3.20. The minimum Gasteiger partial charge on any atom is -0.374 e. The molecule has 0 spiro atoms. The normalized spacial score (nSPS) is 18.4. The van der Waals surface area contributed by atoms with Crippen LogP contribution in [0, 0.1) is 5.92 Å². The smallest absolute Gasteiger partial charge is 0.229 e. The van der Waals surface area contributed by atoms with Crippen LogP contribution in [0.4, 0.5) is 10.3 Å². The van der Waals surface area contributed by atoms with E-state index in [9.17, 15) is 4.79 Å². The number of aromatic nitrogens is 4. The van der Waals surface area contributed by atoms with Gasteiger partial charge in [0.05, 0.1) is 0 Å². The molecule has 2 aromatic heterocycles. The summed E-state index contributed by atoms with van der Waals surface area (Å²) in [7, 11) is 0. The maximum atomic E-state index is 12.4. The SMILES string of the molecule is Nc1nnc(CCCCc2nnc(NC(=O)[C@@H]3CC3c3ccccc3)s2)s1. The van der Waals surface area contributed by atoms with E-state index in [0.717, 1.165) is 42.1 Å². The van der Waals surface area contributed by atoms with Gasteiger partial charge in [-0.3, -0.25) is 4.79 Å². The number of nitrogens with zero attached hydrogens (tertiary/aromatic N) is 4. The summed E-state index contributed by atoms with van der Waals surface area (Å²) >= 11 is 2.89. The predicted octanol–water partition coefficient (Wildman–Crippen LogP) is 3.28.